The number of hydrogen-bond donors (Lipinski definition) is 2. The zero-order chi connectivity index (χ0) is 15.6. The number of hydrogen-bond acceptors (Lipinski definition) is 4. The van der Waals surface area contributed by atoms with Crippen molar-refractivity contribution in [2.24, 2.45) is 11.3 Å². The van der Waals surface area contributed by atoms with E-state index in [9.17, 15) is 19.8 Å². The zero-order valence-electron chi connectivity index (χ0n) is 12.6. The standard InChI is InChI=1S/C17H20O4/c1-16(2)5-4-6-17(3)10-8-12(19)11(18)7-9(10)13(20)14(21)15(16)17/h7-8,15,18-19H,4-6H2,1-3H3/t15-,17-/m1/s1. The molecule has 1 aromatic rings. The van der Waals surface area contributed by atoms with Crippen LogP contribution in [0.2, 0.25) is 0 Å². The minimum atomic E-state index is -0.544. The number of fused-ring (bicyclic) bond motifs is 3. The van der Waals surface area contributed by atoms with Gasteiger partial charge in [0.15, 0.2) is 11.5 Å². The minimum absolute atomic E-state index is 0.237. The van der Waals surface area contributed by atoms with E-state index in [1.807, 2.05) is 20.8 Å². The summed E-state index contributed by atoms with van der Waals surface area (Å²) in [5, 5.41) is 19.5. The first kappa shape index (κ1) is 14.1. The molecule has 4 nitrogen and oxygen atoms in total. The molecule has 1 aromatic carbocycles. The Morgan fingerprint density at radius 2 is 1.67 bits per heavy atom. The zero-order valence-corrected chi connectivity index (χ0v) is 12.6. The maximum atomic E-state index is 12.6. The summed E-state index contributed by atoms with van der Waals surface area (Å²) in [6.45, 7) is 6.06. The van der Waals surface area contributed by atoms with Crippen molar-refractivity contribution in [3.8, 4) is 11.5 Å². The first-order chi connectivity index (χ1) is 9.68. The van der Waals surface area contributed by atoms with E-state index in [0.717, 1.165) is 19.3 Å². The van der Waals surface area contributed by atoms with Gasteiger partial charge in [0.2, 0.25) is 11.6 Å². The van der Waals surface area contributed by atoms with Gasteiger partial charge in [0.05, 0.1) is 0 Å². The Labute approximate surface area is 123 Å². The lowest BCUT2D eigenvalue weighted by Crippen LogP contribution is -2.54. The number of ketones is 2. The predicted octanol–water partition coefficient (Wildman–Crippen LogP) is 2.95. The summed E-state index contributed by atoms with van der Waals surface area (Å²) >= 11 is 0. The Hall–Kier alpha value is -1.84. The molecular weight excluding hydrogens is 268 g/mol. The van der Waals surface area contributed by atoms with Gasteiger partial charge in [0, 0.05) is 16.9 Å². The van der Waals surface area contributed by atoms with E-state index in [4.69, 9.17) is 0 Å². The average molecular weight is 288 g/mol. The molecule has 0 bridgehead atoms. The Bertz CT molecular complexity index is 659. The lowest BCUT2D eigenvalue weighted by atomic mass is 9.50. The van der Waals surface area contributed by atoms with Gasteiger partial charge in [-0.05, 0) is 36.0 Å². The first-order valence-electron chi connectivity index (χ1n) is 7.33. The molecule has 0 aromatic heterocycles. The van der Waals surface area contributed by atoms with Gasteiger partial charge in [0.1, 0.15) is 0 Å². The van der Waals surface area contributed by atoms with Gasteiger partial charge in [-0.15, -0.1) is 0 Å². The molecule has 112 valence electrons. The fourth-order valence-corrected chi connectivity index (χ4v) is 4.50. The summed E-state index contributed by atoms with van der Waals surface area (Å²) < 4.78 is 0. The van der Waals surface area contributed by atoms with E-state index in [0.29, 0.717) is 5.56 Å². The van der Waals surface area contributed by atoms with Crippen LogP contribution in [0.1, 0.15) is 56.0 Å². The number of aromatic hydroxyl groups is 2. The second-order valence-corrected chi connectivity index (χ2v) is 7.27. The Morgan fingerprint density at radius 1 is 1.05 bits per heavy atom. The predicted molar refractivity (Wildman–Crippen MR) is 77.6 cm³/mol. The second-order valence-electron chi connectivity index (χ2n) is 7.27. The first-order valence-corrected chi connectivity index (χ1v) is 7.33. The number of rotatable bonds is 0. The van der Waals surface area contributed by atoms with Crippen LogP contribution in [0.5, 0.6) is 11.5 Å². The molecule has 2 atom stereocenters. The fourth-order valence-electron chi connectivity index (χ4n) is 4.50. The van der Waals surface area contributed by atoms with E-state index in [1.165, 1.54) is 12.1 Å². The Balaban J connectivity index is 2.30. The lowest BCUT2D eigenvalue weighted by Gasteiger charge is -2.52. The highest BCUT2D eigenvalue weighted by atomic mass is 16.3. The Kier molecular flexibility index (Phi) is 2.75. The van der Waals surface area contributed by atoms with Crippen LogP contribution < -0.4 is 0 Å². The van der Waals surface area contributed by atoms with Crippen LogP contribution in [-0.2, 0) is 10.2 Å². The van der Waals surface area contributed by atoms with E-state index >= 15 is 0 Å². The second kappa shape index (κ2) is 4.09. The van der Waals surface area contributed by atoms with E-state index in [-0.39, 0.29) is 34.2 Å². The lowest BCUT2D eigenvalue weighted by molar-refractivity contribution is -0.128. The fraction of sp³-hybridized carbons (Fsp3) is 0.529. The van der Waals surface area contributed by atoms with Crippen LogP contribution in [0, 0.1) is 11.3 Å². The molecule has 0 radical (unpaired) electrons. The smallest absolute Gasteiger partial charge is 0.229 e. The molecule has 3 rings (SSSR count). The van der Waals surface area contributed by atoms with Crippen LogP contribution in [-0.4, -0.2) is 21.8 Å². The summed E-state index contributed by atoms with van der Waals surface area (Å²) in [6, 6.07) is 2.69. The monoisotopic (exact) mass is 288 g/mol. The maximum Gasteiger partial charge on any atom is 0.229 e. The number of carbonyl (C=O) groups excluding carboxylic acids is 2. The molecule has 0 saturated heterocycles. The molecule has 2 aliphatic rings. The number of phenols is 2. The molecular formula is C17H20O4. The molecule has 0 unspecified atom stereocenters. The van der Waals surface area contributed by atoms with Gasteiger partial charge in [-0.25, -0.2) is 0 Å². The normalized spacial score (nSPS) is 30.7. The van der Waals surface area contributed by atoms with Crippen molar-refractivity contribution in [1.82, 2.24) is 0 Å². The number of Topliss-reactive ketones (excluding diaryl/α,β-unsaturated/α-hetero) is 2. The van der Waals surface area contributed by atoms with Crippen LogP contribution in [0.15, 0.2) is 12.1 Å². The summed E-state index contributed by atoms with van der Waals surface area (Å²) in [4.78, 5) is 25.1. The van der Waals surface area contributed by atoms with Gasteiger partial charge in [-0.2, -0.15) is 0 Å². The van der Waals surface area contributed by atoms with Gasteiger partial charge >= 0.3 is 0 Å². The average Bonchev–Trinajstić information content (AvgIpc) is 2.37. The molecule has 0 amide bonds. The molecule has 2 aliphatic carbocycles. The third-order valence-electron chi connectivity index (χ3n) is 5.40. The summed E-state index contributed by atoms with van der Waals surface area (Å²) in [5.41, 5.74) is 0.227. The topological polar surface area (TPSA) is 74.6 Å². The largest absolute Gasteiger partial charge is 0.504 e. The molecule has 21 heavy (non-hydrogen) atoms. The van der Waals surface area contributed by atoms with Crippen molar-refractivity contribution in [3.05, 3.63) is 23.3 Å². The molecule has 4 heteroatoms. The van der Waals surface area contributed by atoms with Crippen molar-refractivity contribution < 1.29 is 19.8 Å². The van der Waals surface area contributed by atoms with E-state index < -0.39 is 11.2 Å². The number of carbonyl (C=O) groups is 2. The van der Waals surface area contributed by atoms with Gasteiger partial charge in [-0.1, -0.05) is 27.2 Å². The van der Waals surface area contributed by atoms with Crippen molar-refractivity contribution >= 4 is 11.6 Å². The molecule has 1 fully saturated rings. The number of phenolic OH excluding ortho intramolecular Hbond substituents is 2. The molecule has 2 N–H and O–H groups in total. The van der Waals surface area contributed by atoms with Gasteiger partial charge in [-0.3, -0.25) is 9.59 Å². The number of benzene rings is 1. The maximum absolute atomic E-state index is 12.6. The SMILES string of the molecule is CC1(C)CCC[C@]2(C)c3cc(O)c(O)cc3C(=O)C(=O)[C@H]12. The van der Waals surface area contributed by atoms with Crippen molar-refractivity contribution in [1.29, 1.82) is 0 Å². The van der Waals surface area contributed by atoms with Crippen LogP contribution in [0.3, 0.4) is 0 Å². The summed E-state index contributed by atoms with van der Waals surface area (Å²) in [7, 11) is 0. The summed E-state index contributed by atoms with van der Waals surface area (Å²) in [5.74, 6) is -1.87. The van der Waals surface area contributed by atoms with E-state index in [2.05, 4.69) is 0 Å². The van der Waals surface area contributed by atoms with Crippen molar-refractivity contribution in [3.63, 3.8) is 0 Å². The highest BCUT2D eigenvalue weighted by Crippen LogP contribution is 2.56. The highest BCUT2D eigenvalue weighted by Gasteiger charge is 2.56. The molecule has 0 heterocycles. The van der Waals surface area contributed by atoms with Crippen LogP contribution in [0.4, 0.5) is 0 Å². The molecule has 0 spiro atoms. The highest BCUT2D eigenvalue weighted by molar-refractivity contribution is 6.46. The van der Waals surface area contributed by atoms with E-state index in [1.54, 1.807) is 0 Å². The van der Waals surface area contributed by atoms with Crippen LogP contribution in [0.25, 0.3) is 0 Å². The van der Waals surface area contributed by atoms with Crippen LogP contribution >= 0.6 is 0 Å². The van der Waals surface area contributed by atoms with Gasteiger partial charge in [0.25, 0.3) is 0 Å². The Morgan fingerprint density at radius 3 is 2.33 bits per heavy atom. The molecule has 0 aliphatic heterocycles. The van der Waals surface area contributed by atoms with Crippen molar-refractivity contribution in [2.45, 2.75) is 45.4 Å². The summed E-state index contributed by atoms with van der Waals surface area (Å²) in [6.07, 6.45) is 2.69. The third-order valence-corrected chi connectivity index (χ3v) is 5.40. The quantitative estimate of drug-likeness (QED) is 0.568. The van der Waals surface area contributed by atoms with Crippen molar-refractivity contribution in [2.75, 3.05) is 0 Å². The third kappa shape index (κ3) is 1.74. The minimum Gasteiger partial charge on any atom is -0.504 e. The van der Waals surface area contributed by atoms with Gasteiger partial charge < -0.3 is 10.2 Å². The molecule has 1 saturated carbocycles.